The molecule has 2 heterocycles. The molecule has 4 aromatic rings. The molecule has 0 N–H and O–H groups in total. The van der Waals surface area contributed by atoms with Crippen LogP contribution < -0.4 is 0 Å². The molecule has 0 spiro atoms. The van der Waals surface area contributed by atoms with Gasteiger partial charge in [0.05, 0.1) is 12.1 Å². The van der Waals surface area contributed by atoms with Gasteiger partial charge in [-0.05, 0) is 36.8 Å². The Labute approximate surface area is 190 Å². The zero-order valence-electron chi connectivity index (χ0n) is 17.1. The Bertz CT molecular complexity index is 1300. The van der Waals surface area contributed by atoms with Crippen molar-refractivity contribution in [1.82, 2.24) is 10.1 Å². The van der Waals surface area contributed by atoms with Gasteiger partial charge in [0.1, 0.15) is 5.69 Å². The van der Waals surface area contributed by atoms with E-state index >= 15 is 0 Å². The number of nitrogens with zero attached hydrogens (tertiary/aromatic N) is 2. The van der Waals surface area contributed by atoms with Gasteiger partial charge in [-0.3, -0.25) is 9.59 Å². The fourth-order valence-electron chi connectivity index (χ4n) is 4.02. The number of ketones is 1. The van der Waals surface area contributed by atoms with Crippen LogP contribution in [0.25, 0.3) is 11.3 Å². The Morgan fingerprint density at radius 2 is 1.56 bits per heavy atom. The first-order valence-corrected chi connectivity index (χ1v) is 10.7. The Morgan fingerprint density at radius 1 is 0.875 bits per heavy atom. The lowest BCUT2D eigenvalue weighted by Crippen LogP contribution is -2.36. The van der Waals surface area contributed by atoms with Crippen molar-refractivity contribution in [2.75, 3.05) is 6.54 Å². The molecular formula is C26H19ClN2O3. The fourth-order valence-corrected chi connectivity index (χ4v) is 4.14. The number of amides is 1. The third-order valence-electron chi connectivity index (χ3n) is 5.67. The molecular weight excluding hydrogens is 424 g/mol. The summed E-state index contributed by atoms with van der Waals surface area (Å²) in [6, 6.07) is 23.4. The molecule has 1 aliphatic heterocycles. The number of benzene rings is 3. The summed E-state index contributed by atoms with van der Waals surface area (Å²) in [6.45, 7) is 0.848. The van der Waals surface area contributed by atoms with Crippen molar-refractivity contribution in [1.29, 1.82) is 0 Å². The van der Waals surface area contributed by atoms with Gasteiger partial charge in [-0.15, -0.1) is 0 Å². The zero-order chi connectivity index (χ0) is 22.1. The van der Waals surface area contributed by atoms with Crippen LogP contribution in [0.3, 0.4) is 0 Å². The minimum Gasteiger partial charge on any atom is -0.356 e. The highest BCUT2D eigenvalue weighted by Gasteiger charge is 2.29. The molecule has 0 radical (unpaired) electrons. The van der Waals surface area contributed by atoms with Gasteiger partial charge in [-0.25, -0.2) is 0 Å². The quantitative estimate of drug-likeness (QED) is 0.395. The van der Waals surface area contributed by atoms with Crippen LogP contribution in [0.2, 0.25) is 5.02 Å². The summed E-state index contributed by atoms with van der Waals surface area (Å²) in [5, 5.41) is 4.87. The standard InChI is InChI=1S/C26H19ClN2O3/c27-19-12-10-18(11-13-19)25-22-14-15-29(16-23(22)28-32-25)26(31)21-9-5-4-8-20(21)24(30)17-6-2-1-3-7-17/h1-13H,14-16H2. The van der Waals surface area contributed by atoms with Crippen LogP contribution in [0.5, 0.6) is 0 Å². The monoisotopic (exact) mass is 442 g/mol. The second-order valence-electron chi connectivity index (χ2n) is 7.66. The number of hydrogen-bond acceptors (Lipinski definition) is 4. The number of fused-ring (bicyclic) bond motifs is 1. The largest absolute Gasteiger partial charge is 0.356 e. The number of carbonyl (C=O) groups excluding carboxylic acids is 2. The average molecular weight is 443 g/mol. The van der Waals surface area contributed by atoms with E-state index in [-0.39, 0.29) is 11.7 Å². The smallest absolute Gasteiger partial charge is 0.254 e. The maximum absolute atomic E-state index is 13.4. The first-order chi connectivity index (χ1) is 15.6. The van der Waals surface area contributed by atoms with E-state index in [2.05, 4.69) is 5.16 Å². The highest BCUT2D eigenvalue weighted by Crippen LogP contribution is 2.31. The summed E-state index contributed by atoms with van der Waals surface area (Å²) >= 11 is 5.99. The van der Waals surface area contributed by atoms with Crippen molar-refractivity contribution in [3.8, 4) is 11.3 Å². The van der Waals surface area contributed by atoms with Crippen LogP contribution in [0.4, 0.5) is 0 Å². The van der Waals surface area contributed by atoms with Crippen molar-refractivity contribution < 1.29 is 14.1 Å². The second-order valence-corrected chi connectivity index (χ2v) is 8.10. The SMILES string of the molecule is O=C(c1ccccc1)c1ccccc1C(=O)N1CCc2c(noc2-c2ccc(Cl)cc2)C1. The van der Waals surface area contributed by atoms with Gasteiger partial charge in [0.2, 0.25) is 0 Å². The van der Waals surface area contributed by atoms with E-state index < -0.39 is 0 Å². The van der Waals surface area contributed by atoms with Gasteiger partial charge in [0, 0.05) is 33.8 Å². The predicted octanol–water partition coefficient (Wildman–Crippen LogP) is 5.42. The van der Waals surface area contributed by atoms with E-state index in [0.717, 1.165) is 16.8 Å². The molecule has 0 bridgehead atoms. The fraction of sp³-hybridized carbons (Fsp3) is 0.115. The topological polar surface area (TPSA) is 63.4 Å². The van der Waals surface area contributed by atoms with Gasteiger partial charge < -0.3 is 9.42 Å². The summed E-state index contributed by atoms with van der Waals surface area (Å²) in [5.41, 5.74) is 3.99. The van der Waals surface area contributed by atoms with E-state index in [4.69, 9.17) is 16.1 Å². The molecule has 0 atom stereocenters. The van der Waals surface area contributed by atoms with E-state index in [1.54, 1.807) is 41.3 Å². The van der Waals surface area contributed by atoms with Crippen LogP contribution in [-0.2, 0) is 13.0 Å². The summed E-state index contributed by atoms with van der Waals surface area (Å²) < 4.78 is 5.61. The average Bonchev–Trinajstić information content (AvgIpc) is 3.27. The number of rotatable bonds is 4. The molecule has 158 valence electrons. The molecule has 0 aliphatic carbocycles. The third-order valence-corrected chi connectivity index (χ3v) is 5.93. The van der Waals surface area contributed by atoms with Crippen molar-refractivity contribution in [2.45, 2.75) is 13.0 Å². The Morgan fingerprint density at radius 3 is 2.31 bits per heavy atom. The normalized spacial score (nSPS) is 13.0. The Balaban J connectivity index is 1.41. The second kappa shape index (κ2) is 8.44. The molecule has 5 rings (SSSR count). The maximum Gasteiger partial charge on any atom is 0.254 e. The highest BCUT2D eigenvalue weighted by atomic mass is 35.5. The highest BCUT2D eigenvalue weighted by molar-refractivity contribution is 6.30. The zero-order valence-corrected chi connectivity index (χ0v) is 17.9. The molecule has 0 saturated heterocycles. The molecule has 0 unspecified atom stereocenters. The molecule has 1 aromatic heterocycles. The van der Waals surface area contributed by atoms with E-state index in [1.807, 2.05) is 42.5 Å². The Kier molecular flexibility index (Phi) is 5.33. The lowest BCUT2D eigenvalue weighted by atomic mass is 9.96. The molecule has 1 aliphatic rings. The minimum atomic E-state index is -0.188. The number of halogens is 1. The van der Waals surface area contributed by atoms with Crippen molar-refractivity contribution in [3.05, 3.63) is 112 Å². The third kappa shape index (κ3) is 3.72. The summed E-state index contributed by atoms with van der Waals surface area (Å²) in [4.78, 5) is 28.1. The molecule has 3 aromatic carbocycles. The summed E-state index contributed by atoms with van der Waals surface area (Å²) in [7, 11) is 0. The van der Waals surface area contributed by atoms with E-state index in [9.17, 15) is 9.59 Å². The van der Waals surface area contributed by atoms with Crippen LogP contribution in [-0.4, -0.2) is 28.3 Å². The van der Waals surface area contributed by atoms with Gasteiger partial charge in [-0.1, -0.05) is 65.3 Å². The minimum absolute atomic E-state index is 0.168. The molecule has 5 nitrogen and oxygen atoms in total. The molecule has 0 fully saturated rings. The number of aromatic nitrogens is 1. The first-order valence-electron chi connectivity index (χ1n) is 10.3. The predicted molar refractivity (Wildman–Crippen MR) is 122 cm³/mol. The van der Waals surface area contributed by atoms with Gasteiger partial charge in [-0.2, -0.15) is 0 Å². The molecule has 1 amide bonds. The van der Waals surface area contributed by atoms with Crippen LogP contribution in [0.1, 0.15) is 37.5 Å². The van der Waals surface area contributed by atoms with Gasteiger partial charge in [0.25, 0.3) is 5.91 Å². The van der Waals surface area contributed by atoms with Crippen molar-refractivity contribution in [2.24, 2.45) is 0 Å². The van der Waals surface area contributed by atoms with Gasteiger partial charge in [0.15, 0.2) is 11.5 Å². The summed E-state index contributed by atoms with van der Waals surface area (Å²) in [6.07, 6.45) is 0.622. The van der Waals surface area contributed by atoms with Crippen LogP contribution in [0.15, 0.2) is 83.4 Å². The molecule has 0 saturated carbocycles. The van der Waals surface area contributed by atoms with E-state index in [1.165, 1.54) is 0 Å². The molecule has 32 heavy (non-hydrogen) atoms. The lowest BCUT2D eigenvalue weighted by molar-refractivity contribution is 0.0727. The lowest BCUT2D eigenvalue weighted by Gasteiger charge is -2.26. The van der Waals surface area contributed by atoms with E-state index in [0.29, 0.717) is 47.0 Å². The molecule has 6 heteroatoms. The Hall–Kier alpha value is -3.70. The number of hydrogen-bond donors (Lipinski definition) is 0. The first kappa shape index (κ1) is 20.2. The number of carbonyl (C=O) groups is 2. The van der Waals surface area contributed by atoms with Crippen LogP contribution in [0, 0.1) is 0 Å². The van der Waals surface area contributed by atoms with Gasteiger partial charge >= 0.3 is 0 Å². The maximum atomic E-state index is 13.4. The van der Waals surface area contributed by atoms with Crippen LogP contribution >= 0.6 is 11.6 Å². The van der Waals surface area contributed by atoms with Crippen molar-refractivity contribution >= 4 is 23.3 Å². The van der Waals surface area contributed by atoms with Crippen molar-refractivity contribution in [3.63, 3.8) is 0 Å². The summed E-state index contributed by atoms with van der Waals surface area (Å²) in [5.74, 6) is 0.355.